The summed E-state index contributed by atoms with van der Waals surface area (Å²) in [6, 6.07) is 5.36. The number of rotatable bonds is 6. The first-order valence-corrected chi connectivity index (χ1v) is 5.79. The van der Waals surface area contributed by atoms with Crippen molar-refractivity contribution in [2.75, 3.05) is 19.0 Å². The zero-order valence-corrected chi connectivity index (χ0v) is 10.9. The van der Waals surface area contributed by atoms with E-state index in [1.165, 1.54) is 0 Å². The van der Waals surface area contributed by atoms with Crippen molar-refractivity contribution in [3.63, 3.8) is 0 Å². The van der Waals surface area contributed by atoms with Crippen molar-refractivity contribution in [1.29, 1.82) is 0 Å². The van der Waals surface area contributed by atoms with Crippen molar-refractivity contribution in [3.8, 4) is 5.75 Å². The highest BCUT2D eigenvalue weighted by Gasteiger charge is 2.09. The fourth-order valence-corrected chi connectivity index (χ4v) is 1.83. The van der Waals surface area contributed by atoms with Gasteiger partial charge in [0.1, 0.15) is 5.75 Å². The van der Waals surface area contributed by atoms with Gasteiger partial charge in [0.25, 0.3) is 0 Å². The van der Waals surface area contributed by atoms with Gasteiger partial charge in [0.15, 0.2) is 0 Å². The zero-order valence-electron chi connectivity index (χ0n) is 9.31. The summed E-state index contributed by atoms with van der Waals surface area (Å²) in [5.41, 5.74) is 0.780. The predicted molar refractivity (Wildman–Crippen MR) is 67.4 cm³/mol. The molecule has 1 rings (SSSR count). The van der Waals surface area contributed by atoms with Crippen molar-refractivity contribution < 1.29 is 19.7 Å². The summed E-state index contributed by atoms with van der Waals surface area (Å²) in [5.74, 6) is -0.308. The van der Waals surface area contributed by atoms with Crippen molar-refractivity contribution in [1.82, 2.24) is 0 Å². The lowest BCUT2D eigenvalue weighted by Gasteiger charge is -2.12. The minimum Gasteiger partial charge on any atom is -0.496 e. The average molecular weight is 304 g/mol. The summed E-state index contributed by atoms with van der Waals surface area (Å²) in [6.07, 6.45) is -1.18. The van der Waals surface area contributed by atoms with Gasteiger partial charge in [-0.1, -0.05) is 0 Å². The molecule has 0 fully saturated rings. The number of carbonyl (C=O) groups is 1. The molecule has 0 bridgehead atoms. The Morgan fingerprint density at radius 3 is 2.82 bits per heavy atom. The molecule has 0 aliphatic heterocycles. The number of benzene rings is 1. The normalized spacial score (nSPS) is 11.9. The summed E-state index contributed by atoms with van der Waals surface area (Å²) in [5, 5.41) is 20.8. The van der Waals surface area contributed by atoms with Gasteiger partial charge in [0.2, 0.25) is 0 Å². The maximum absolute atomic E-state index is 10.3. The quantitative estimate of drug-likeness (QED) is 0.745. The third-order valence-corrected chi connectivity index (χ3v) is 2.72. The number of aliphatic hydroxyl groups excluding tert-OH is 1. The summed E-state index contributed by atoms with van der Waals surface area (Å²) < 4.78 is 5.87. The molecule has 17 heavy (non-hydrogen) atoms. The van der Waals surface area contributed by atoms with Gasteiger partial charge in [-0.25, -0.2) is 0 Å². The average Bonchev–Trinajstić information content (AvgIpc) is 2.25. The monoisotopic (exact) mass is 303 g/mol. The third-order valence-electron chi connectivity index (χ3n) is 2.10. The van der Waals surface area contributed by atoms with Crippen LogP contribution in [0, 0.1) is 0 Å². The lowest BCUT2D eigenvalue weighted by atomic mass is 10.2. The van der Waals surface area contributed by atoms with Crippen LogP contribution in [0.5, 0.6) is 5.75 Å². The van der Waals surface area contributed by atoms with Gasteiger partial charge in [-0.05, 0) is 34.1 Å². The van der Waals surface area contributed by atoms with E-state index in [1.807, 2.05) is 0 Å². The molecule has 1 aromatic carbocycles. The number of anilines is 1. The van der Waals surface area contributed by atoms with Crippen LogP contribution in [0.3, 0.4) is 0 Å². The number of carboxylic acids is 1. The molecule has 0 spiro atoms. The Morgan fingerprint density at radius 2 is 2.29 bits per heavy atom. The molecule has 0 aliphatic carbocycles. The molecule has 94 valence electrons. The molecule has 5 nitrogen and oxygen atoms in total. The lowest BCUT2D eigenvalue weighted by molar-refractivity contribution is -0.138. The van der Waals surface area contributed by atoms with Crippen LogP contribution in [0.4, 0.5) is 5.69 Å². The van der Waals surface area contributed by atoms with E-state index in [0.717, 1.165) is 10.2 Å². The maximum Gasteiger partial charge on any atom is 0.306 e. The second-order valence-electron chi connectivity index (χ2n) is 3.48. The van der Waals surface area contributed by atoms with Crippen LogP contribution in [0.1, 0.15) is 6.42 Å². The van der Waals surface area contributed by atoms with E-state index in [0.29, 0.717) is 5.75 Å². The molecule has 1 aromatic rings. The molecule has 0 saturated heterocycles. The maximum atomic E-state index is 10.3. The van der Waals surface area contributed by atoms with Gasteiger partial charge >= 0.3 is 5.97 Å². The van der Waals surface area contributed by atoms with Gasteiger partial charge in [0.05, 0.1) is 24.1 Å². The minimum atomic E-state index is -1.02. The second kappa shape index (κ2) is 6.46. The Balaban J connectivity index is 2.52. The largest absolute Gasteiger partial charge is 0.496 e. The molecule has 0 heterocycles. The fraction of sp³-hybridized carbons (Fsp3) is 0.364. The first-order valence-electron chi connectivity index (χ1n) is 5.00. The molecule has 3 N–H and O–H groups in total. The Kier molecular flexibility index (Phi) is 5.24. The number of hydrogen-bond acceptors (Lipinski definition) is 4. The number of ether oxygens (including phenoxy) is 1. The van der Waals surface area contributed by atoms with Crippen molar-refractivity contribution in [3.05, 3.63) is 22.7 Å². The van der Waals surface area contributed by atoms with Gasteiger partial charge in [-0.15, -0.1) is 0 Å². The van der Waals surface area contributed by atoms with E-state index >= 15 is 0 Å². The van der Waals surface area contributed by atoms with Crippen LogP contribution < -0.4 is 10.1 Å². The Labute approximate surface area is 108 Å². The van der Waals surface area contributed by atoms with Crippen LogP contribution in [0.25, 0.3) is 0 Å². The van der Waals surface area contributed by atoms with E-state index in [2.05, 4.69) is 21.2 Å². The molecule has 1 atom stereocenters. The number of halogens is 1. The molecule has 0 radical (unpaired) electrons. The van der Waals surface area contributed by atoms with Crippen molar-refractivity contribution >= 4 is 27.6 Å². The summed E-state index contributed by atoms with van der Waals surface area (Å²) in [4.78, 5) is 10.3. The topological polar surface area (TPSA) is 78.8 Å². The van der Waals surface area contributed by atoms with Gasteiger partial charge in [-0.3, -0.25) is 4.79 Å². The Bertz CT molecular complexity index is 397. The van der Waals surface area contributed by atoms with E-state index in [9.17, 15) is 9.90 Å². The zero-order chi connectivity index (χ0) is 12.8. The first kappa shape index (κ1) is 13.8. The molecular formula is C11H14BrNO4. The second-order valence-corrected chi connectivity index (χ2v) is 4.34. The fourth-order valence-electron chi connectivity index (χ4n) is 1.29. The molecule has 0 aromatic heterocycles. The molecule has 1 unspecified atom stereocenters. The highest BCUT2D eigenvalue weighted by atomic mass is 79.9. The number of methoxy groups -OCH3 is 1. The molecule has 0 amide bonds. The lowest BCUT2D eigenvalue weighted by Crippen LogP contribution is -2.22. The van der Waals surface area contributed by atoms with Crippen LogP contribution in [-0.2, 0) is 4.79 Å². The van der Waals surface area contributed by atoms with E-state index in [1.54, 1.807) is 25.3 Å². The van der Waals surface area contributed by atoms with Gasteiger partial charge in [0, 0.05) is 12.2 Å². The predicted octanol–water partition coefficient (Wildman–Crippen LogP) is 1.71. The Morgan fingerprint density at radius 1 is 1.59 bits per heavy atom. The SMILES string of the molecule is COc1ccc(NCC(O)CC(=O)O)cc1Br. The van der Waals surface area contributed by atoms with E-state index in [-0.39, 0.29) is 13.0 Å². The number of nitrogens with one attached hydrogen (secondary N) is 1. The molecular weight excluding hydrogens is 290 g/mol. The third kappa shape index (κ3) is 4.62. The highest BCUT2D eigenvalue weighted by Crippen LogP contribution is 2.27. The first-order chi connectivity index (χ1) is 8.02. The van der Waals surface area contributed by atoms with Crippen molar-refractivity contribution in [2.24, 2.45) is 0 Å². The van der Waals surface area contributed by atoms with E-state index < -0.39 is 12.1 Å². The minimum absolute atomic E-state index is 0.186. The summed E-state index contributed by atoms with van der Waals surface area (Å²) in [6.45, 7) is 0.186. The number of aliphatic hydroxyl groups is 1. The number of aliphatic carboxylic acids is 1. The summed E-state index contributed by atoms with van der Waals surface area (Å²) in [7, 11) is 1.57. The van der Waals surface area contributed by atoms with Gasteiger partial charge < -0.3 is 20.3 Å². The van der Waals surface area contributed by atoms with Crippen molar-refractivity contribution in [2.45, 2.75) is 12.5 Å². The summed E-state index contributed by atoms with van der Waals surface area (Å²) >= 11 is 3.33. The molecule has 0 saturated carbocycles. The standard InChI is InChI=1S/C11H14BrNO4/c1-17-10-3-2-7(4-9(10)12)13-6-8(14)5-11(15)16/h2-4,8,13-14H,5-6H2,1H3,(H,15,16). The van der Waals surface area contributed by atoms with E-state index in [4.69, 9.17) is 9.84 Å². The molecule has 0 aliphatic rings. The smallest absolute Gasteiger partial charge is 0.306 e. The van der Waals surface area contributed by atoms with Crippen LogP contribution in [0.2, 0.25) is 0 Å². The number of hydrogen-bond donors (Lipinski definition) is 3. The highest BCUT2D eigenvalue weighted by molar-refractivity contribution is 9.10. The number of carboxylic acid groups (broad SMARTS) is 1. The van der Waals surface area contributed by atoms with Crippen LogP contribution >= 0.6 is 15.9 Å². The van der Waals surface area contributed by atoms with Crippen LogP contribution in [-0.4, -0.2) is 35.9 Å². The molecule has 6 heteroatoms. The Hall–Kier alpha value is -1.27. The van der Waals surface area contributed by atoms with Gasteiger partial charge in [-0.2, -0.15) is 0 Å². The van der Waals surface area contributed by atoms with Crippen LogP contribution in [0.15, 0.2) is 22.7 Å².